The zero-order chi connectivity index (χ0) is 14.6. The Morgan fingerprint density at radius 1 is 1.20 bits per heavy atom. The Hall–Kier alpha value is -0.930. The highest BCUT2D eigenvalue weighted by molar-refractivity contribution is 5.23. The largest absolute Gasteiger partial charge is 0.396 e. The summed E-state index contributed by atoms with van der Waals surface area (Å²) < 4.78 is 12.9. The first-order chi connectivity index (χ1) is 9.62. The fraction of sp³-hybridized carbons (Fsp3) is 0.647. The molecule has 1 saturated carbocycles. The van der Waals surface area contributed by atoms with E-state index in [2.05, 4.69) is 19.2 Å². The number of aliphatic hydroxyl groups is 1. The zero-order valence-corrected chi connectivity index (χ0v) is 12.5. The van der Waals surface area contributed by atoms with Gasteiger partial charge in [-0.3, -0.25) is 0 Å². The van der Waals surface area contributed by atoms with Gasteiger partial charge in [-0.1, -0.05) is 26.0 Å². The Labute approximate surface area is 121 Å². The zero-order valence-electron chi connectivity index (χ0n) is 12.5. The highest BCUT2D eigenvalue weighted by Gasteiger charge is 2.32. The number of halogens is 1. The fourth-order valence-electron chi connectivity index (χ4n) is 2.93. The average molecular weight is 279 g/mol. The van der Waals surface area contributed by atoms with Crippen LogP contribution in [0.4, 0.5) is 4.39 Å². The maximum Gasteiger partial charge on any atom is 0.123 e. The number of rotatable bonds is 7. The predicted octanol–water partition coefficient (Wildman–Crippen LogP) is 3.46. The van der Waals surface area contributed by atoms with E-state index in [9.17, 15) is 9.50 Å². The van der Waals surface area contributed by atoms with Gasteiger partial charge in [0.2, 0.25) is 0 Å². The van der Waals surface area contributed by atoms with Crippen molar-refractivity contribution >= 4 is 0 Å². The van der Waals surface area contributed by atoms with Gasteiger partial charge in [0.1, 0.15) is 5.82 Å². The molecule has 1 aliphatic rings. The van der Waals surface area contributed by atoms with Crippen LogP contribution in [0.2, 0.25) is 0 Å². The maximum absolute atomic E-state index is 12.9. The van der Waals surface area contributed by atoms with Gasteiger partial charge in [0.05, 0.1) is 0 Å². The van der Waals surface area contributed by atoms with Crippen molar-refractivity contribution in [3.63, 3.8) is 0 Å². The first-order valence-electron chi connectivity index (χ1n) is 7.72. The standard InChI is InChI=1S/C17H26FNO/c1-3-17(4-2,12-20)11-19-16-9-14(10-16)13-5-7-15(18)8-6-13/h5-8,14,16,19-20H,3-4,9-12H2,1-2H3. The summed E-state index contributed by atoms with van der Waals surface area (Å²) in [5.74, 6) is 0.390. The van der Waals surface area contributed by atoms with Crippen LogP contribution >= 0.6 is 0 Å². The van der Waals surface area contributed by atoms with Crippen molar-refractivity contribution in [2.75, 3.05) is 13.2 Å². The van der Waals surface area contributed by atoms with Gasteiger partial charge in [-0.2, -0.15) is 0 Å². The molecule has 0 atom stereocenters. The molecule has 0 saturated heterocycles. The number of benzene rings is 1. The van der Waals surface area contributed by atoms with E-state index in [1.165, 1.54) is 5.56 Å². The lowest BCUT2D eigenvalue weighted by Crippen LogP contribution is -2.46. The molecule has 1 aliphatic carbocycles. The quantitative estimate of drug-likeness (QED) is 0.801. The summed E-state index contributed by atoms with van der Waals surface area (Å²) in [4.78, 5) is 0. The van der Waals surface area contributed by atoms with Gasteiger partial charge in [-0.15, -0.1) is 0 Å². The third kappa shape index (κ3) is 3.39. The lowest BCUT2D eigenvalue weighted by atomic mass is 9.75. The molecule has 112 valence electrons. The average Bonchev–Trinajstić information content (AvgIpc) is 2.44. The lowest BCUT2D eigenvalue weighted by molar-refractivity contribution is 0.103. The Morgan fingerprint density at radius 3 is 2.30 bits per heavy atom. The molecule has 3 heteroatoms. The van der Waals surface area contributed by atoms with E-state index in [1.54, 1.807) is 12.1 Å². The number of nitrogens with one attached hydrogen (secondary N) is 1. The minimum Gasteiger partial charge on any atom is -0.396 e. The number of aliphatic hydroxyl groups excluding tert-OH is 1. The minimum atomic E-state index is -0.165. The SMILES string of the molecule is CCC(CC)(CO)CNC1CC(c2ccc(F)cc2)C1. The van der Waals surface area contributed by atoms with Crippen LogP contribution in [0.25, 0.3) is 0 Å². The Morgan fingerprint density at radius 2 is 1.80 bits per heavy atom. The summed E-state index contributed by atoms with van der Waals surface area (Å²) in [5, 5.41) is 13.2. The molecule has 0 amide bonds. The molecule has 1 fully saturated rings. The Bertz CT molecular complexity index is 399. The molecule has 0 unspecified atom stereocenters. The molecule has 2 N–H and O–H groups in total. The molecule has 1 aromatic rings. The molecule has 1 aromatic carbocycles. The smallest absolute Gasteiger partial charge is 0.123 e. The van der Waals surface area contributed by atoms with Gasteiger partial charge in [0, 0.05) is 24.6 Å². The van der Waals surface area contributed by atoms with Crippen LogP contribution in [-0.4, -0.2) is 24.3 Å². The normalized spacial score (nSPS) is 22.6. The summed E-state index contributed by atoms with van der Waals surface area (Å²) in [6.07, 6.45) is 4.23. The number of hydrogen-bond acceptors (Lipinski definition) is 2. The van der Waals surface area contributed by atoms with Gasteiger partial charge in [0.15, 0.2) is 0 Å². The highest BCUT2D eigenvalue weighted by Crippen LogP contribution is 2.37. The third-order valence-corrected chi connectivity index (χ3v) is 5.08. The van der Waals surface area contributed by atoms with Crippen molar-refractivity contribution in [1.82, 2.24) is 5.32 Å². The lowest BCUT2D eigenvalue weighted by Gasteiger charge is -2.39. The van der Waals surface area contributed by atoms with Crippen LogP contribution < -0.4 is 5.32 Å². The number of hydrogen-bond donors (Lipinski definition) is 2. The molecular formula is C17H26FNO. The molecular weight excluding hydrogens is 253 g/mol. The van der Waals surface area contributed by atoms with Crippen molar-refractivity contribution in [1.29, 1.82) is 0 Å². The molecule has 0 aromatic heterocycles. The molecule has 2 nitrogen and oxygen atoms in total. The van der Waals surface area contributed by atoms with E-state index in [-0.39, 0.29) is 17.8 Å². The summed E-state index contributed by atoms with van der Waals surface area (Å²) in [5.41, 5.74) is 1.27. The van der Waals surface area contributed by atoms with Crippen molar-refractivity contribution in [3.05, 3.63) is 35.6 Å². The summed E-state index contributed by atoms with van der Waals surface area (Å²) in [7, 11) is 0. The van der Waals surface area contributed by atoms with E-state index in [0.29, 0.717) is 12.0 Å². The van der Waals surface area contributed by atoms with E-state index in [0.717, 1.165) is 32.2 Å². The summed E-state index contributed by atoms with van der Waals surface area (Å²) >= 11 is 0. The summed E-state index contributed by atoms with van der Waals surface area (Å²) in [6, 6.07) is 7.41. The van der Waals surface area contributed by atoms with Gasteiger partial charge < -0.3 is 10.4 Å². The van der Waals surface area contributed by atoms with Gasteiger partial charge in [-0.05, 0) is 49.3 Å². The van der Waals surface area contributed by atoms with Crippen molar-refractivity contribution in [2.24, 2.45) is 5.41 Å². The van der Waals surface area contributed by atoms with Crippen molar-refractivity contribution < 1.29 is 9.50 Å². The first-order valence-corrected chi connectivity index (χ1v) is 7.72. The Balaban J connectivity index is 1.78. The maximum atomic E-state index is 12.9. The van der Waals surface area contributed by atoms with Crippen molar-refractivity contribution in [3.8, 4) is 0 Å². The van der Waals surface area contributed by atoms with E-state index >= 15 is 0 Å². The molecule has 0 radical (unpaired) electrons. The third-order valence-electron chi connectivity index (χ3n) is 5.08. The van der Waals surface area contributed by atoms with Crippen LogP contribution in [0.1, 0.15) is 51.0 Å². The van der Waals surface area contributed by atoms with Gasteiger partial charge in [-0.25, -0.2) is 4.39 Å². The fourth-order valence-corrected chi connectivity index (χ4v) is 2.93. The second kappa shape index (κ2) is 6.68. The topological polar surface area (TPSA) is 32.3 Å². The van der Waals surface area contributed by atoms with Crippen molar-refractivity contribution in [2.45, 2.75) is 51.5 Å². The predicted molar refractivity (Wildman–Crippen MR) is 80.3 cm³/mol. The first kappa shape index (κ1) is 15.5. The van der Waals surface area contributed by atoms with Crippen LogP contribution in [0.3, 0.4) is 0 Å². The van der Waals surface area contributed by atoms with E-state index in [1.807, 2.05) is 12.1 Å². The van der Waals surface area contributed by atoms with E-state index in [4.69, 9.17) is 0 Å². The second-order valence-corrected chi connectivity index (χ2v) is 6.16. The van der Waals surface area contributed by atoms with Crippen LogP contribution in [-0.2, 0) is 0 Å². The minimum absolute atomic E-state index is 0.0287. The Kier molecular flexibility index (Phi) is 5.17. The van der Waals surface area contributed by atoms with Gasteiger partial charge >= 0.3 is 0 Å². The molecule has 0 spiro atoms. The highest BCUT2D eigenvalue weighted by atomic mass is 19.1. The monoisotopic (exact) mass is 279 g/mol. The van der Waals surface area contributed by atoms with Crippen LogP contribution in [0.15, 0.2) is 24.3 Å². The molecule has 0 bridgehead atoms. The molecule has 2 rings (SSSR count). The van der Waals surface area contributed by atoms with Gasteiger partial charge in [0.25, 0.3) is 0 Å². The molecule has 0 aliphatic heterocycles. The van der Waals surface area contributed by atoms with Crippen LogP contribution in [0, 0.1) is 11.2 Å². The second-order valence-electron chi connectivity index (χ2n) is 6.16. The molecule has 20 heavy (non-hydrogen) atoms. The van der Waals surface area contributed by atoms with E-state index < -0.39 is 0 Å². The molecule has 0 heterocycles. The van der Waals surface area contributed by atoms with Crippen LogP contribution in [0.5, 0.6) is 0 Å². The summed E-state index contributed by atoms with van der Waals surface area (Å²) in [6.45, 7) is 5.42.